The van der Waals surface area contributed by atoms with Gasteiger partial charge in [0.05, 0.1) is 21.0 Å². The van der Waals surface area contributed by atoms with E-state index in [0.717, 1.165) is 0 Å². The lowest BCUT2D eigenvalue weighted by atomic mass is 9.98. The number of nitro groups is 2. The maximum Gasteiger partial charge on any atom is 0.275 e. The predicted molar refractivity (Wildman–Crippen MR) is 92.5 cm³/mol. The van der Waals surface area contributed by atoms with Crippen LogP contribution in [0.2, 0.25) is 19.6 Å². The van der Waals surface area contributed by atoms with Gasteiger partial charge in [-0.25, -0.2) is 0 Å². The van der Waals surface area contributed by atoms with E-state index in [9.17, 15) is 20.2 Å². The Kier molecular flexibility index (Phi) is 5.10. The molecule has 0 heterocycles. The minimum absolute atomic E-state index is 0.112. The number of nitrogens with zero attached hydrogens (tertiary/aromatic N) is 2. The molecule has 0 aromatic heterocycles. The smallest absolute Gasteiger partial charge is 0.275 e. The van der Waals surface area contributed by atoms with Crippen molar-refractivity contribution in [3.05, 3.63) is 79.9 Å². The summed E-state index contributed by atoms with van der Waals surface area (Å²) in [7, 11) is -2.15. The molecule has 0 radical (unpaired) electrons. The Labute approximate surface area is 140 Å². The summed E-state index contributed by atoms with van der Waals surface area (Å²) in [5.74, 6) is 0. The third-order valence-electron chi connectivity index (χ3n) is 3.30. The average Bonchev–Trinajstić information content (AvgIpc) is 2.51. The second-order valence-electron chi connectivity index (χ2n) is 6.24. The van der Waals surface area contributed by atoms with E-state index < -0.39 is 24.3 Å². The summed E-state index contributed by atoms with van der Waals surface area (Å²) in [5, 5.41) is 22.7. The Balaban J connectivity index is 2.68. The van der Waals surface area contributed by atoms with Crippen LogP contribution in [0.4, 0.5) is 11.4 Å². The number of rotatable bonds is 6. The van der Waals surface area contributed by atoms with Gasteiger partial charge in [0.15, 0.2) is 8.32 Å². The van der Waals surface area contributed by atoms with Crippen molar-refractivity contribution in [2.45, 2.75) is 25.7 Å². The number of hydrogen-bond acceptors (Lipinski definition) is 5. The Morgan fingerprint density at radius 2 is 1.21 bits per heavy atom. The van der Waals surface area contributed by atoms with E-state index in [1.165, 1.54) is 12.1 Å². The molecule has 0 amide bonds. The van der Waals surface area contributed by atoms with Gasteiger partial charge in [0.25, 0.3) is 11.4 Å². The first kappa shape index (κ1) is 17.8. The molecule has 0 N–H and O–H groups in total. The highest BCUT2D eigenvalue weighted by Crippen LogP contribution is 2.38. The van der Waals surface area contributed by atoms with E-state index in [1.807, 2.05) is 19.6 Å². The molecule has 0 bridgehead atoms. The quantitative estimate of drug-likeness (QED) is 0.437. The molecule has 0 aliphatic rings. The van der Waals surface area contributed by atoms with E-state index in [-0.39, 0.29) is 11.4 Å². The van der Waals surface area contributed by atoms with Crippen molar-refractivity contribution in [2.24, 2.45) is 0 Å². The minimum Gasteiger partial charge on any atom is -0.406 e. The SMILES string of the molecule is C[Si](C)(C)OC(c1ccccc1[N+](=O)[O-])c1ccccc1[N+](=O)[O-]. The third-order valence-corrected chi connectivity index (χ3v) is 4.25. The maximum atomic E-state index is 11.4. The molecular formula is C16H18N2O5Si. The predicted octanol–water partition coefficient (Wildman–Crippen LogP) is 4.44. The van der Waals surface area contributed by atoms with Gasteiger partial charge in [-0.05, 0) is 31.8 Å². The third kappa shape index (κ3) is 4.03. The lowest BCUT2D eigenvalue weighted by Crippen LogP contribution is -2.29. The molecule has 0 saturated carbocycles. The largest absolute Gasteiger partial charge is 0.406 e. The average molecular weight is 346 g/mol. The molecule has 7 nitrogen and oxygen atoms in total. The minimum atomic E-state index is -2.15. The fraction of sp³-hybridized carbons (Fsp3) is 0.250. The number of para-hydroxylation sites is 2. The van der Waals surface area contributed by atoms with Crippen molar-refractivity contribution < 1.29 is 14.3 Å². The summed E-state index contributed by atoms with van der Waals surface area (Å²) < 4.78 is 6.12. The molecule has 24 heavy (non-hydrogen) atoms. The summed E-state index contributed by atoms with van der Waals surface area (Å²) in [4.78, 5) is 21.7. The van der Waals surface area contributed by atoms with E-state index >= 15 is 0 Å². The van der Waals surface area contributed by atoms with Gasteiger partial charge in [0.1, 0.15) is 6.10 Å². The zero-order chi connectivity index (χ0) is 17.9. The molecule has 126 valence electrons. The van der Waals surface area contributed by atoms with Gasteiger partial charge in [-0.3, -0.25) is 20.2 Å². The van der Waals surface area contributed by atoms with Crippen LogP contribution in [0.15, 0.2) is 48.5 Å². The van der Waals surface area contributed by atoms with Crippen molar-refractivity contribution >= 4 is 19.7 Å². The van der Waals surface area contributed by atoms with Crippen LogP contribution in [0, 0.1) is 20.2 Å². The molecule has 0 unspecified atom stereocenters. The number of hydrogen-bond donors (Lipinski definition) is 0. The van der Waals surface area contributed by atoms with Crippen molar-refractivity contribution in [1.82, 2.24) is 0 Å². The Morgan fingerprint density at radius 3 is 1.54 bits per heavy atom. The first-order chi connectivity index (χ1) is 11.2. The fourth-order valence-corrected chi connectivity index (χ4v) is 3.36. The first-order valence-electron chi connectivity index (χ1n) is 7.35. The molecule has 2 rings (SSSR count). The highest BCUT2D eigenvalue weighted by molar-refractivity contribution is 6.69. The van der Waals surface area contributed by atoms with E-state index in [2.05, 4.69) is 0 Å². The molecular weight excluding hydrogens is 328 g/mol. The molecule has 0 aliphatic carbocycles. The Bertz CT molecular complexity index is 716. The van der Waals surface area contributed by atoms with Crippen LogP contribution in [-0.2, 0) is 4.43 Å². The van der Waals surface area contributed by atoms with Gasteiger partial charge in [0, 0.05) is 12.1 Å². The van der Waals surface area contributed by atoms with Gasteiger partial charge < -0.3 is 4.43 Å². The molecule has 0 fully saturated rings. The van der Waals surface area contributed by atoms with Crippen LogP contribution in [0.1, 0.15) is 17.2 Å². The van der Waals surface area contributed by atoms with E-state index in [4.69, 9.17) is 4.43 Å². The van der Waals surface area contributed by atoms with Gasteiger partial charge in [0.2, 0.25) is 0 Å². The lowest BCUT2D eigenvalue weighted by molar-refractivity contribution is -0.387. The first-order valence-corrected chi connectivity index (χ1v) is 10.8. The van der Waals surface area contributed by atoms with Crippen LogP contribution in [0.25, 0.3) is 0 Å². The molecule has 2 aromatic rings. The molecule has 0 saturated heterocycles. The van der Waals surface area contributed by atoms with Crippen LogP contribution in [0.3, 0.4) is 0 Å². The second-order valence-corrected chi connectivity index (χ2v) is 10.7. The molecule has 0 aliphatic heterocycles. The number of benzene rings is 2. The van der Waals surface area contributed by atoms with Crippen LogP contribution >= 0.6 is 0 Å². The highest BCUT2D eigenvalue weighted by atomic mass is 28.4. The maximum absolute atomic E-state index is 11.4. The van der Waals surface area contributed by atoms with Crippen LogP contribution in [0.5, 0.6) is 0 Å². The van der Waals surface area contributed by atoms with Gasteiger partial charge in [-0.1, -0.05) is 24.3 Å². The fourth-order valence-electron chi connectivity index (χ4n) is 2.40. The second kappa shape index (κ2) is 6.89. The van der Waals surface area contributed by atoms with Gasteiger partial charge in [-0.15, -0.1) is 0 Å². The summed E-state index contributed by atoms with van der Waals surface area (Å²) in [5.41, 5.74) is 0.413. The van der Waals surface area contributed by atoms with E-state index in [1.54, 1.807) is 36.4 Å². The normalized spacial score (nSPS) is 11.5. The summed E-state index contributed by atoms with van der Waals surface area (Å²) in [6.45, 7) is 5.80. The molecule has 0 atom stereocenters. The standard InChI is InChI=1S/C16H18N2O5Si/c1-24(2,3)23-16(12-8-4-6-10-14(12)17(19)20)13-9-5-7-11-15(13)18(21)22/h4-11,16H,1-3H3. The van der Waals surface area contributed by atoms with Gasteiger partial charge in [-0.2, -0.15) is 0 Å². The van der Waals surface area contributed by atoms with Gasteiger partial charge >= 0.3 is 0 Å². The molecule has 0 spiro atoms. The van der Waals surface area contributed by atoms with Crippen molar-refractivity contribution in [3.8, 4) is 0 Å². The number of nitro benzene ring substituents is 2. The molecule has 8 heteroatoms. The highest BCUT2D eigenvalue weighted by Gasteiger charge is 2.32. The van der Waals surface area contributed by atoms with Crippen LogP contribution in [-0.4, -0.2) is 18.2 Å². The van der Waals surface area contributed by atoms with Crippen molar-refractivity contribution in [1.29, 1.82) is 0 Å². The topological polar surface area (TPSA) is 95.5 Å². The van der Waals surface area contributed by atoms with Crippen molar-refractivity contribution in [2.75, 3.05) is 0 Å². The zero-order valence-electron chi connectivity index (χ0n) is 13.6. The lowest BCUT2D eigenvalue weighted by Gasteiger charge is -2.26. The Morgan fingerprint density at radius 1 is 0.833 bits per heavy atom. The summed E-state index contributed by atoms with van der Waals surface area (Å²) in [6, 6.07) is 12.4. The summed E-state index contributed by atoms with van der Waals surface area (Å²) >= 11 is 0. The van der Waals surface area contributed by atoms with Crippen molar-refractivity contribution in [3.63, 3.8) is 0 Å². The molecule has 2 aromatic carbocycles. The van der Waals surface area contributed by atoms with E-state index in [0.29, 0.717) is 11.1 Å². The zero-order valence-corrected chi connectivity index (χ0v) is 14.6. The summed E-state index contributed by atoms with van der Waals surface area (Å²) in [6.07, 6.45) is -0.861. The Hall–Kier alpha value is -2.58. The van der Waals surface area contributed by atoms with Crippen LogP contribution < -0.4 is 0 Å². The monoisotopic (exact) mass is 346 g/mol.